The van der Waals surface area contributed by atoms with E-state index in [2.05, 4.69) is 15.6 Å². The Labute approximate surface area is 187 Å². The van der Waals surface area contributed by atoms with Gasteiger partial charge < -0.3 is 15.5 Å². The van der Waals surface area contributed by atoms with Crippen molar-refractivity contribution >= 4 is 23.5 Å². The number of benzene rings is 2. The molecule has 0 saturated carbocycles. The highest BCUT2D eigenvalue weighted by atomic mass is 19.1. The van der Waals surface area contributed by atoms with Crippen molar-refractivity contribution in [2.45, 2.75) is 38.5 Å². The number of para-hydroxylation sites is 2. The lowest BCUT2D eigenvalue weighted by Crippen LogP contribution is -2.38. The van der Waals surface area contributed by atoms with E-state index in [0.717, 1.165) is 25.9 Å². The minimum atomic E-state index is -0.508. The fourth-order valence-corrected chi connectivity index (χ4v) is 3.25. The monoisotopic (exact) mass is 444 g/mol. The van der Waals surface area contributed by atoms with Crippen molar-refractivity contribution in [2.75, 3.05) is 31.5 Å². The van der Waals surface area contributed by atoms with Gasteiger partial charge in [-0.05, 0) is 69.5 Å². The third kappa shape index (κ3) is 9.37. The van der Waals surface area contributed by atoms with Gasteiger partial charge in [0.1, 0.15) is 17.3 Å². The first-order valence-electron chi connectivity index (χ1n) is 11.0. The van der Waals surface area contributed by atoms with Crippen molar-refractivity contribution in [2.24, 2.45) is 4.99 Å². The van der Waals surface area contributed by atoms with Crippen LogP contribution in [-0.2, 0) is 4.79 Å². The third-order valence-corrected chi connectivity index (χ3v) is 4.98. The van der Waals surface area contributed by atoms with Gasteiger partial charge in [-0.1, -0.05) is 30.7 Å². The molecule has 2 aromatic rings. The van der Waals surface area contributed by atoms with Gasteiger partial charge >= 0.3 is 6.03 Å². The van der Waals surface area contributed by atoms with E-state index in [1.54, 1.807) is 29.2 Å². The van der Waals surface area contributed by atoms with Crippen LogP contribution in [0.4, 0.5) is 25.0 Å². The van der Waals surface area contributed by atoms with Gasteiger partial charge in [0.25, 0.3) is 0 Å². The molecule has 2 saturated heterocycles. The Morgan fingerprint density at radius 3 is 2.00 bits per heavy atom. The van der Waals surface area contributed by atoms with Gasteiger partial charge in [0.2, 0.25) is 6.08 Å². The number of nitrogens with zero attached hydrogens (tertiary/aromatic N) is 2. The van der Waals surface area contributed by atoms with Crippen LogP contribution in [0.25, 0.3) is 0 Å². The first-order chi connectivity index (χ1) is 15.6. The number of anilines is 1. The third-order valence-electron chi connectivity index (χ3n) is 4.98. The Morgan fingerprint density at radius 2 is 1.47 bits per heavy atom. The van der Waals surface area contributed by atoms with E-state index < -0.39 is 11.6 Å². The predicted octanol–water partition coefficient (Wildman–Crippen LogP) is 5.40. The number of hydrogen-bond donors (Lipinski definition) is 2. The highest BCUT2D eigenvalue weighted by molar-refractivity contribution is 5.89. The second-order valence-electron chi connectivity index (χ2n) is 7.42. The molecule has 32 heavy (non-hydrogen) atoms. The van der Waals surface area contributed by atoms with Crippen LogP contribution in [0, 0.1) is 11.6 Å². The molecule has 4 rings (SSSR count). The number of hydrogen-bond acceptors (Lipinski definition) is 4. The molecule has 172 valence electrons. The molecule has 8 heteroatoms. The Balaban J connectivity index is 0.000000192. The lowest BCUT2D eigenvalue weighted by Gasteiger charge is -2.26. The number of rotatable bonds is 2. The van der Waals surface area contributed by atoms with E-state index >= 15 is 0 Å². The zero-order valence-electron chi connectivity index (χ0n) is 18.2. The molecule has 0 radical (unpaired) electrons. The van der Waals surface area contributed by atoms with E-state index in [1.807, 2.05) is 0 Å². The van der Waals surface area contributed by atoms with E-state index in [4.69, 9.17) is 0 Å². The van der Waals surface area contributed by atoms with Crippen LogP contribution in [0.3, 0.4) is 0 Å². The Morgan fingerprint density at radius 1 is 0.875 bits per heavy atom. The molecule has 0 bridgehead atoms. The van der Waals surface area contributed by atoms with Crippen molar-refractivity contribution in [1.82, 2.24) is 10.2 Å². The topological polar surface area (TPSA) is 73.8 Å². The molecular formula is C24H30F2N4O2. The SMILES string of the molecule is C1CCNCC1.O=C(Nc1ccccc1F)N1CCCCC1.O=C=Nc1ccccc1F. The van der Waals surface area contributed by atoms with Crippen LogP contribution in [0.1, 0.15) is 38.5 Å². The van der Waals surface area contributed by atoms with Crippen LogP contribution in [0.5, 0.6) is 0 Å². The van der Waals surface area contributed by atoms with Crippen LogP contribution >= 0.6 is 0 Å². The van der Waals surface area contributed by atoms with Gasteiger partial charge in [0, 0.05) is 13.1 Å². The fraction of sp³-hybridized carbons (Fsp3) is 0.417. The van der Waals surface area contributed by atoms with Gasteiger partial charge in [-0.3, -0.25) is 0 Å². The first-order valence-corrected chi connectivity index (χ1v) is 11.0. The van der Waals surface area contributed by atoms with E-state index in [-0.39, 0.29) is 17.4 Å². The van der Waals surface area contributed by atoms with Crippen molar-refractivity contribution in [3.8, 4) is 0 Å². The molecule has 2 fully saturated rings. The zero-order chi connectivity index (χ0) is 23.0. The summed E-state index contributed by atoms with van der Waals surface area (Å²) in [5.41, 5.74) is 0.274. The maximum Gasteiger partial charge on any atom is 0.321 e. The molecule has 0 aromatic heterocycles. The molecule has 2 heterocycles. The van der Waals surface area contributed by atoms with Gasteiger partial charge in [-0.25, -0.2) is 18.4 Å². The maximum absolute atomic E-state index is 13.3. The summed E-state index contributed by atoms with van der Waals surface area (Å²) in [5, 5.41) is 5.88. The van der Waals surface area contributed by atoms with Crippen LogP contribution in [0.2, 0.25) is 0 Å². The molecule has 2 N–H and O–H groups in total. The molecule has 0 unspecified atom stereocenters. The number of isocyanates is 1. The number of halogens is 2. The molecule has 0 aliphatic carbocycles. The second kappa shape index (κ2) is 14.8. The summed E-state index contributed by atoms with van der Waals surface area (Å²) in [6.45, 7) is 4.03. The van der Waals surface area contributed by atoms with Crippen LogP contribution < -0.4 is 10.6 Å². The highest BCUT2D eigenvalue weighted by Crippen LogP contribution is 2.16. The smallest absolute Gasteiger partial charge is 0.321 e. The number of urea groups is 1. The maximum atomic E-state index is 13.3. The summed E-state index contributed by atoms with van der Waals surface area (Å²) in [7, 11) is 0. The zero-order valence-corrected chi connectivity index (χ0v) is 18.2. The Bertz CT molecular complexity index is 866. The Hall–Kier alpha value is -3.09. The summed E-state index contributed by atoms with van der Waals surface area (Å²) in [6, 6.07) is 11.8. The van der Waals surface area contributed by atoms with Crippen LogP contribution in [0.15, 0.2) is 53.5 Å². The molecule has 0 spiro atoms. The Kier molecular flexibility index (Phi) is 11.7. The summed E-state index contributed by atoms with van der Waals surface area (Å²) in [5.74, 6) is -0.904. The fourth-order valence-electron chi connectivity index (χ4n) is 3.25. The molecule has 6 nitrogen and oxygen atoms in total. The largest absolute Gasteiger partial charge is 0.325 e. The normalized spacial score (nSPS) is 15.1. The number of aliphatic imine (C=N–C) groups is 1. The number of likely N-dealkylation sites (tertiary alicyclic amines) is 1. The molecule has 2 aromatic carbocycles. The molecule has 2 aliphatic heterocycles. The first kappa shape index (κ1) is 25.2. The summed E-state index contributed by atoms with van der Waals surface area (Å²) in [6.07, 6.45) is 8.71. The summed E-state index contributed by atoms with van der Waals surface area (Å²) >= 11 is 0. The van der Waals surface area contributed by atoms with Gasteiger partial charge in [0.15, 0.2) is 0 Å². The molecular weight excluding hydrogens is 414 g/mol. The predicted molar refractivity (Wildman–Crippen MR) is 122 cm³/mol. The number of piperidine rings is 2. The van der Waals surface area contributed by atoms with Crippen LogP contribution in [-0.4, -0.2) is 43.2 Å². The number of carbonyl (C=O) groups excluding carboxylic acids is 2. The molecule has 2 aliphatic rings. The standard InChI is InChI=1S/C12H15FN2O.C7H4FNO.C5H11N/c13-10-6-2-3-7-11(10)14-12(16)15-8-4-1-5-9-15;8-6-3-1-2-4-7(6)9-5-10;1-2-4-6-5-3-1/h2-3,6-7H,1,4-5,8-9H2,(H,14,16);1-4H;6H,1-5H2. The lowest BCUT2D eigenvalue weighted by molar-refractivity contribution is 0.200. The summed E-state index contributed by atoms with van der Waals surface area (Å²) < 4.78 is 25.8. The quantitative estimate of drug-likeness (QED) is 0.481. The van der Waals surface area contributed by atoms with Gasteiger partial charge in [-0.15, -0.1) is 0 Å². The van der Waals surface area contributed by atoms with Gasteiger partial charge in [0.05, 0.1) is 5.69 Å². The average molecular weight is 445 g/mol. The van der Waals surface area contributed by atoms with Crippen molar-refractivity contribution in [1.29, 1.82) is 0 Å². The second-order valence-corrected chi connectivity index (χ2v) is 7.42. The molecule has 0 atom stereocenters. The van der Waals surface area contributed by atoms with E-state index in [1.165, 1.54) is 69.1 Å². The van der Waals surface area contributed by atoms with Crippen molar-refractivity contribution < 1.29 is 18.4 Å². The highest BCUT2D eigenvalue weighted by Gasteiger charge is 2.17. The minimum absolute atomic E-state index is 0.0255. The average Bonchev–Trinajstić information content (AvgIpc) is 2.85. The lowest BCUT2D eigenvalue weighted by atomic mass is 10.1. The minimum Gasteiger partial charge on any atom is -0.325 e. The molecule has 2 amide bonds. The number of amides is 2. The van der Waals surface area contributed by atoms with Crippen molar-refractivity contribution in [3.05, 3.63) is 60.2 Å². The summed E-state index contributed by atoms with van der Waals surface area (Å²) in [4.78, 5) is 26.3. The number of carbonyl (C=O) groups is 1. The van der Waals surface area contributed by atoms with E-state index in [0.29, 0.717) is 0 Å². The number of nitrogens with one attached hydrogen (secondary N) is 2. The van der Waals surface area contributed by atoms with Crippen molar-refractivity contribution in [3.63, 3.8) is 0 Å². The van der Waals surface area contributed by atoms with Gasteiger partial charge in [-0.2, -0.15) is 4.99 Å². The van der Waals surface area contributed by atoms with E-state index in [9.17, 15) is 18.4 Å².